The SMILES string of the molecule is O=C(c1ccc(Cn2cccn2)cc1)N1CCN(Cc2cccc3cccnc23)CC1. The van der Waals surface area contributed by atoms with E-state index in [-0.39, 0.29) is 5.91 Å². The lowest BCUT2D eigenvalue weighted by atomic mass is 10.1. The minimum atomic E-state index is 0.108. The predicted octanol–water partition coefficient (Wildman–Crippen LogP) is 3.44. The van der Waals surface area contributed by atoms with Crippen LogP contribution in [0.25, 0.3) is 10.9 Å². The smallest absolute Gasteiger partial charge is 0.253 e. The summed E-state index contributed by atoms with van der Waals surface area (Å²) in [5.41, 5.74) is 4.19. The monoisotopic (exact) mass is 411 g/mol. The summed E-state index contributed by atoms with van der Waals surface area (Å²) in [4.78, 5) is 21.9. The van der Waals surface area contributed by atoms with Crippen LogP contribution in [0.5, 0.6) is 0 Å². The number of hydrogen-bond acceptors (Lipinski definition) is 4. The fourth-order valence-corrected chi connectivity index (χ4v) is 4.16. The van der Waals surface area contributed by atoms with Gasteiger partial charge >= 0.3 is 0 Å². The molecule has 3 heterocycles. The number of nitrogens with zero attached hydrogens (tertiary/aromatic N) is 5. The Morgan fingerprint density at radius 3 is 2.42 bits per heavy atom. The number of rotatable bonds is 5. The van der Waals surface area contributed by atoms with Crippen molar-refractivity contribution in [3.63, 3.8) is 0 Å². The molecular formula is C25H25N5O. The number of amides is 1. The van der Waals surface area contributed by atoms with Gasteiger partial charge in [0.1, 0.15) is 0 Å². The quantitative estimate of drug-likeness (QED) is 0.505. The largest absolute Gasteiger partial charge is 0.336 e. The van der Waals surface area contributed by atoms with Crippen molar-refractivity contribution in [2.75, 3.05) is 26.2 Å². The topological polar surface area (TPSA) is 54.3 Å². The second-order valence-corrected chi connectivity index (χ2v) is 7.96. The average Bonchev–Trinajstić information content (AvgIpc) is 3.33. The molecule has 0 saturated carbocycles. The van der Waals surface area contributed by atoms with Gasteiger partial charge in [0.2, 0.25) is 0 Å². The molecule has 6 nitrogen and oxygen atoms in total. The molecule has 0 spiro atoms. The van der Waals surface area contributed by atoms with Crippen molar-refractivity contribution in [2.24, 2.45) is 0 Å². The maximum atomic E-state index is 12.9. The Bertz CT molecular complexity index is 1160. The van der Waals surface area contributed by atoms with E-state index in [1.807, 2.05) is 58.4 Å². The fraction of sp³-hybridized carbons (Fsp3) is 0.240. The number of hydrogen-bond donors (Lipinski definition) is 0. The molecule has 0 atom stereocenters. The van der Waals surface area contributed by atoms with E-state index in [0.29, 0.717) is 6.54 Å². The highest BCUT2D eigenvalue weighted by atomic mass is 16.2. The van der Waals surface area contributed by atoms with E-state index >= 15 is 0 Å². The molecule has 156 valence electrons. The molecule has 1 fully saturated rings. The molecular weight excluding hydrogens is 386 g/mol. The molecule has 2 aromatic carbocycles. The van der Waals surface area contributed by atoms with Gasteiger partial charge in [0.05, 0.1) is 12.1 Å². The van der Waals surface area contributed by atoms with Gasteiger partial charge < -0.3 is 4.90 Å². The van der Waals surface area contributed by atoms with Gasteiger partial charge in [-0.25, -0.2) is 0 Å². The van der Waals surface area contributed by atoms with E-state index < -0.39 is 0 Å². The Morgan fingerprint density at radius 1 is 0.839 bits per heavy atom. The van der Waals surface area contributed by atoms with Gasteiger partial charge in [-0.05, 0) is 35.4 Å². The van der Waals surface area contributed by atoms with Crippen molar-refractivity contribution in [3.05, 3.63) is 95.9 Å². The van der Waals surface area contributed by atoms with Crippen molar-refractivity contribution in [1.82, 2.24) is 24.6 Å². The summed E-state index contributed by atoms with van der Waals surface area (Å²) >= 11 is 0. The van der Waals surface area contributed by atoms with Crippen molar-refractivity contribution in [3.8, 4) is 0 Å². The molecule has 0 bridgehead atoms. The Balaban J connectivity index is 1.19. The summed E-state index contributed by atoms with van der Waals surface area (Å²) in [7, 11) is 0. The third-order valence-corrected chi connectivity index (χ3v) is 5.87. The molecule has 4 aromatic rings. The third kappa shape index (κ3) is 4.34. The van der Waals surface area contributed by atoms with Crippen molar-refractivity contribution < 1.29 is 4.79 Å². The summed E-state index contributed by atoms with van der Waals surface area (Å²) in [5.74, 6) is 0.108. The Labute approximate surface area is 181 Å². The van der Waals surface area contributed by atoms with Crippen LogP contribution in [0.1, 0.15) is 21.5 Å². The maximum Gasteiger partial charge on any atom is 0.253 e. The number of piperazine rings is 1. The summed E-state index contributed by atoms with van der Waals surface area (Å²) in [6.07, 6.45) is 5.56. The number of para-hydroxylation sites is 1. The van der Waals surface area contributed by atoms with E-state index in [1.165, 1.54) is 10.9 Å². The van der Waals surface area contributed by atoms with Gasteiger partial charge in [-0.3, -0.25) is 19.4 Å². The lowest BCUT2D eigenvalue weighted by Crippen LogP contribution is -2.48. The van der Waals surface area contributed by atoms with Crippen LogP contribution in [0, 0.1) is 0 Å². The van der Waals surface area contributed by atoms with Gasteiger partial charge in [-0.2, -0.15) is 5.10 Å². The molecule has 1 amide bonds. The molecule has 1 saturated heterocycles. The molecule has 0 aliphatic carbocycles. The van der Waals surface area contributed by atoms with Gasteiger partial charge in [0.25, 0.3) is 5.91 Å². The van der Waals surface area contributed by atoms with Crippen LogP contribution in [0.3, 0.4) is 0 Å². The highest BCUT2D eigenvalue weighted by Gasteiger charge is 2.22. The van der Waals surface area contributed by atoms with Crippen LogP contribution < -0.4 is 0 Å². The van der Waals surface area contributed by atoms with Crippen molar-refractivity contribution >= 4 is 16.8 Å². The first-order valence-corrected chi connectivity index (χ1v) is 10.7. The van der Waals surface area contributed by atoms with Crippen molar-refractivity contribution in [2.45, 2.75) is 13.1 Å². The van der Waals surface area contributed by atoms with Crippen LogP contribution in [0.2, 0.25) is 0 Å². The Hall–Kier alpha value is -3.51. The van der Waals surface area contributed by atoms with E-state index in [1.54, 1.807) is 6.20 Å². The molecule has 1 aliphatic heterocycles. The average molecular weight is 412 g/mol. The maximum absolute atomic E-state index is 12.9. The number of fused-ring (bicyclic) bond motifs is 1. The second kappa shape index (κ2) is 8.70. The van der Waals surface area contributed by atoms with Crippen LogP contribution in [0.15, 0.2) is 79.3 Å². The zero-order valence-electron chi connectivity index (χ0n) is 17.4. The number of carbonyl (C=O) groups is 1. The number of aromatic nitrogens is 3. The first-order valence-electron chi connectivity index (χ1n) is 10.7. The molecule has 2 aromatic heterocycles. The van der Waals surface area contributed by atoms with Gasteiger partial charge in [-0.1, -0.05) is 36.4 Å². The molecule has 0 N–H and O–H groups in total. The van der Waals surface area contributed by atoms with Crippen LogP contribution >= 0.6 is 0 Å². The van der Waals surface area contributed by atoms with Crippen LogP contribution in [0.4, 0.5) is 0 Å². The molecule has 0 unspecified atom stereocenters. The standard InChI is InChI=1S/C25H25N5O/c31-25(22-9-7-20(8-10-22)18-30-13-3-12-27-30)29-16-14-28(15-17-29)19-23-5-1-4-21-6-2-11-26-24(21)23/h1-13H,14-19H2. The number of pyridine rings is 1. The van der Waals surface area contributed by atoms with Crippen LogP contribution in [-0.2, 0) is 13.1 Å². The lowest BCUT2D eigenvalue weighted by molar-refractivity contribution is 0.0629. The van der Waals surface area contributed by atoms with Gasteiger partial charge in [0, 0.05) is 62.3 Å². The van der Waals surface area contributed by atoms with E-state index in [0.717, 1.165) is 49.4 Å². The van der Waals surface area contributed by atoms with Crippen LogP contribution in [-0.4, -0.2) is 56.7 Å². The summed E-state index contributed by atoms with van der Waals surface area (Å²) in [5, 5.41) is 5.40. The normalized spacial score (nSPS) is 14.8. The van der Waals surface area contributed by atoms with E-state index in [2.05, 4.69) is 39.2 Å². The van der Waals surface area contributed by atoms with Gasteiger partial charge in [-0.15, -0.1) is 0 Å². The molecule has 1 aliphatic rings. The predicted molar refractivity (Wildman–Crippen MR) is 121 cm³/mol. The first-order chi connectivity index (χ1) is 15.3. The molecule has 0 radical (unpaired) electrons. The second-order valence-electron chi connectivity index (χ2n) is 7.96. The minimum Gasteiger partial charge on any atom is -0.336 e. The minimum absolute atomic E-state index is 0.108. The summed E-state index contributed by atoms with van der Waals surface area (Å²) in [6, 6.07) is 20.2. The molecule has 5 rings (SSSR count). The summed E-state index contributed by atoms with van der Waals surface area (Å²) in [6.45, 7) is 4.79. The van der Waals surface area contributed by atoms with Crippen molar-refractivity contribution in [1.29, 1.82) is 0 Å². The number of carbonyl (C=O) groups excluding carboxylic acids is 1. The number of benzene rings is 2. The zero-order valence-corrected chi connectivity index (χ0v) is 17.4. The molecule has 6 heteroatoms. The highest BCUT2D eigenvalue weighted by molar-refractivity contribution is 5.94. The molecule has 31 heavy (non-hydrogen) atoms. The lowest BCUT2D eigenvalue weighted by Gasteiger charge is -2.35. The highest BCUT2D eigenvalue weighted by Crippen LogP contribution is 2.19. The Kier molecular flexibility index (Phi) is 5.46. The first kappa shape index (κ1) is 19.5. The van der Waals surface area contributed by atoms with E-state index in [9.17, 15) is 4.79 Å². The van der Waals surface area contributed by atoms with E-state index in [4.69, 9.17) is 0 Å². The summed E-state index contributed by atoms with van der Waals surface area (Å²) < 4.78 is 1.88. The fourth-order valence-electron chi connectivity index (χ4n) is 4.16. The zero-order chi connectivity index (χ0) is 21.0. The third-order valence-electron chi connectivity index (χ3n) is 5.87. The Morgan fingerprint density at radius 2 is 1.65 bits per heavy atom. The van der Waals surface area contributed by atoms with Gasteiger partial charge in [0.15, 0.2) is 0 Å².